The molecule has 0 heterocycles. The predicted molar refractivity (Wildman–Crippen MR) is 66.1 cm³/mol. The second-order valence-electron chi connectivity index (χ2n) is 4.42. The zero-order valence-electron chi connectivity index (χ0n) is 11.3. The summed E-state index contributed by atoms with van der Waals surface area (Å²) in [6, 6.07) is 0. The summed E-state index contributed by atoms with van der Waals surface area (Å²) in [5.74, 6) is 0. The van der Waals surface area contributed by atoms with Crippen LogP contribution in [0.2, 0.25) is 0 Å². The lowest BCUT2D eigenvalue weighted by molar-refractivity contribution is -0.924. The van der Waals surface area contributed by atoms with Gasteiger partial charge in [0, 0.05) is 13.2 Å². The highest BCUT2D eigenvalue weighted by atomic mass is 16.5. The van der Waals surface area contributed by atoms with Gasteiger partial charge in [-0.2, -0.15) is 0 Å². The van der Waals surface area contributed by atoms with E-state index in [1.54, 1.807) is 0 Å². The molecule has 0 aliphatic carbocycles. The van der Waals surface area contributed by atoms with Crippen LogP contribution in [-0.2, 0) is 4.74 Å². The summed E-state index contributed by atoms with van der Waals surface area (Å²) in [4.78, 5) is 2.26. The smallest absolute Gasteiger partial charge is 0.102 e. The lowest BCUT2D eigenvalue weighted by Crippen LogP contribution is -2.52. The molecule has 3 heteroatoms. The van der Waals surface area contributed by atoms with Crippen LogP contribution in [0, 0.1) is 0 Å². The van der Waals surface area contributed by atoms with Crippen molar-refractivity contribution in [2.75, 3.05) is 60.0 Å². The third kappa shape index (κ3) is 6.13. The molecule has 0 aliphatic heterocycles. The molecule has 15 heavy (non-hydrogen) atoms. The number of hydrogen-bond donors (Lipinski definition) is 0. The molecular weight excluding hydrogens is 188 g/mol. The Hall–Kier alpha value is -0.120. The summed E-state index contributed by atoms with van der Waals surface area (Å²) in [6.45, 7) is 14.3. The molecule has 0 rings (SSSR count). The van der Waals surface area contributed by atoms with Gasteiger partial charge in [-0.1, -0.05) is 0 Å². The van der Waals surface area contributed by atoms with E-state index in [2.05, 4.69) is 39.8 Å². The molecule has 0 amide bonds. The fraction of sp³-hybridized carbons (Fsp3) is 1.00. The summed E-state index contributed by atoms with van der Waals surface area (Å²) < 4.78 is 6.65. The van der Waals surface area contributed by atoms with E-state index < -0.39 is 0 Å². The molecule has 0 aromatic rings. The molecule has 0 atom stereocenters. The van der Waals surface area contributed by atoms with Gasteiger partial charge in [-0.25, -0.2) is 0 Å². The molecule has 0 aliphatic rings. The van der Waals surface area contributed by atoms with Gasteiger partial charge in [-0.15, -0.1) is 0 Å². The Morgan fingerprint density at radius 1 is 1.00 bits per heavy atom. The number of likely N-dealkylation sites (N-methyl/N-ethyl adjacent to an activating group) is 2. The van der Waals surface area contributed by atoms with Crippen LogP contribution in [-0.4, -0.2) is 69.4 Å². The molecule has 0 saturated heterocycles. The zero-order chi connectivity index (χ0) is 11.7. The van der Waals surface area contributed by atoms with Crippen LogP contribution in [0.15, 0.2) is 0 Å². The summed E-state index contributed by atoms with van der Waals surface area (Å²) in [6.07, 6.45) is 0. The van der Waals surface area contributed by atoms with Crippen molar-refractivity contribution in [2.24, 2.45) is 0 Å². The topological polar surface area (TPSA) is 12.5 Å². The first-order chi connectivity index (χ1) is 7.10. The van der Waals surface area contributed by atoms with Gasteiger partial charge in [0.05, 0.1) is 26.2 Å². The van der Waals surface area contributed by atoms with Crippen molar-refractivity contribution in [1.82, 2.24) is 4.90 Å². The van der Waals surface area contributed by atoms with Crippen molar-refractivity contribution in [3.05, 3.63) is 0 Å². The highest BCUT2D eigenvalue weighted by Gasteiger charge is 2.22. The lowest BCUT2D eigenvalue weighted by atomic mass is 10.3. The summed E-state index contributed by atoms with van der Waals surface area (Å²) in [5, 5.41) is 0. The van der Waals surface area contributed by atoms with Crippen LogP contribution >= 0.6 is 0 Å². The molecule has 0 radical (unpaired) electrons. The Morgan fingerprint density at radius 2 is 1.60 bits per heavy atom. The number of nitrogens with zero attached hydrogens (tertiary/aromatic N) is 2. The van der Waals surface area contributed by atoms with E-state index in [0.29, 0.717) is 0 Å². The third-order valence-corrected chi connectivity index (χ3v) is 3.28. The molecule has 0 unspecified atom stereocenters. The van der Waals surface area contributed by atoms with Crippen LogP contribution in [0.25, 0.3) is 0 Å². The number of hydrogen-bond acceptors (Lipinski definition) is 2. The monoisotopic (exact) mass is 217 g/mol. The number of quaternary nitrogens is 1. The van der Waals surface area contributed by atoms with Crippen molar-refractivity contribution < 1.29 is 9.22 Å². The molecule has 0 fully saturated rings. The molecule has 92 valence electrons. The van der Waals surface area contributed by atoms with Gasteiger partial charge in [0.2, 0.25) is 0 Å². The molecule has 3 nitrogen and oxygen atoms in total. The normalized spacial score (nSPS) is 12.4. The van der Waals surface area contributed by atoms with Crippen molar-refractivity contribution >= 4 is 0 Å². The molecule has 0 aromatic heterocycles. The maximum atomic E-state index is 5.47. The SMILES string of the molecule is CCOCC[N+](CC)(CC)CCN(C)C. The van der Waals surface area contributed by atoms with E-state index in [0.717, 1.165) is 26.3 Å². The first-order valence-electron chi connectivity index (χ1n) is 6.17. The minimum Gasteiger partial charge on any atom is -0.376 e. The van der Waals surface area contributed by atoms with Gasteiger partial charge >= 0.3 is 0 Å². The van der Waals surface area contributed by atoms with Gasteiger partial charge in [0.1, 0.15) is 6.54 Å². The van der Waals surface area contributed by atoms with Crippen LogP contribution in [0.3, 0.4) is 0 Å². The van der Waals surface area contributed by atoms with Gasteiger partial charge in [-0.05, 0) is 34.9 Å². The highest BCUT2D eigenvalue weighted by molar-refractivity contribution is 4.46. The van der Waals surface area contributed by atoms with Gasteiger partial charge in [-0.3, -0.25) is 0 Å². The van der Waals surface area contributed by atoms with E-state index in [1.807, 2.05) is 0 Å². The van der Waals surface area contributed by atoms with Crippen LogP contribution in [0.1, 0.15) is 20.8 Å². The molecular formula is C12H29N2O+. The van der Waals surface area contributed by atoms with E-state index in [9.17, 15) is 0 Å². The lowest BCUT2D eigenvalue weighted by Gasteiger charge is -2.37. The molecule has 0 saturated carbocycles. The summed E-state index contributed by atoms with van der Waals surface area (Å²) in [7, 11) is 4.28. The van der Waals surface area contributed by atoms with Crippen LogP contribution < -0.4 is 0 Å². The Bertz CT molecular complexity index is 145. The second kappa shape index (κ2) is 8.08. The minimum absolute atomic E-state index is 0.834. The Kier molecular flexibility index (Phi) is 8.02. The van der Waals surface area contributed by atoms with Crippen LogP contribution in [0.4, 0.5) is 0 Å². The summed E-state index contributed by atoms with van der Waals surface area (Å²) in [5.41, 5.74) is 0. The Balaban J connectivity index is 4.05. The Morgan fingerprint density at radius 3 is 2.00 bits per heavy atom. The minimum atomic E-state index is 0.834. The average Bonchev–Trinajstić information content (AvgIpc) is 2.23. The van der Waals surface area contributed by atoms with Crippen molar-refractivity contribution in [3.63, 3.8) is 0 Å². The van der Waals surface area contributed by atoms with Gasteiger partial charge in [0.15, 0.2) is 0 Å². The third-order valence-electron chi connectivity index (χ3n) is 3.28. The van der Waals surface area contributed by atoms with E-state index in [4.69, 9.17) is 4.74 Å². The predicted octanol–water partition coefficient (Wildman–Crippen LogP) is 1.44. The van der Waals surface area contributed by atoms with Gasteiger partial charge in [0.25, 0.3) is 0 Å². The van der Waals surface area contributed by atoms with E-state index in [1.165, 1.54) is 24.1 Å². The van der Waals surface area contributed by atoms with E-state index >= 15 is 0 Å². The maximum absolute atomic E-state index is 5.47. The second-order valence-corrected chi connectivity index (χ2v) is 4.42. The fourth-order valence-corrected chi connectivity index (χ4v) is 1.78. The largest absolute Gasteiger partial charge is 0.376 e. The van der Waals surface area contributed by atoms with Crippen molar-refractivity contribution in [2.45, 2.75) is 20.8 Å². The standard InChI is InChI=1S/C12H29N2O/c1-6-14(7-2,10-9-13(4)5)11-12-15-8-3/h6-12H2,1-5H3/q+1. The highest BCUT2D eigenvalue weighted by Crippen LogP contribution is 2.06. The average molecular weight is 217 g/mol. The quantitative estimate of drug-likeness (QED) is 0.428. The zero-order valence-corrected chi connectivity index (χ0v) is 11.3. The maximum Gasteiger partial charge on any atom is 0.102 e. The first kappa shape index (κ1) is 14.9. The first-order valence-corrected chi connectivity index (χ1v) is 6.17. The summed E-state index contributed by atoms with van der Waals surface area (Å²) >= 11 is 0. The molecule has 0 bridgehead atoms. The van der Waals surface area contributed by atoms with Crippen molar-refractivity contribution in [3.8, 4) is 0 Å². The van der Waals surface area contributed by atoms with Crippen molar-refractivity contribution in [1.29, 1.82) is 0 Å². The molecule has 0 spiro atoms. The fourth-order valence-electron chi connectivity index (χ4n) is 1.78. The Labute approximate surface area is 95.6 Å². The number of ether oxygens (including phenoxy) is 1. The van der Waals surface area contributed by atoms with Gasteiger partial charge < -0.3 is 14.1 Å². The molecule has 0 N–H and O–H groups in total. The number of rotatable bonds is 9. The van der Waals surface area contributed by atoms with E-state index in [-0.39, 0.29) is 0 Å². The van der Waals surface area contributed by atoms with Crippen LogP contribution in [0.5, 0.6) is 0 Å². The molecule has 0 aromatic carbocycles.